The first-order chi connectivity index (χ1) is 7.87. The molecule has 0 aliphatic carbocycles. The highest BCUT2D eigenvalue weighted by Crippen LogP contribution is 2.30. The van der Waals surface area contributed by atoms with Gasteiger partial charge in [0.2, 0.25) is 5.91 Å². The maximum Gasteiger partial charge on any atom is 0.397 e. The largest absolute Gasteiger partial charge is 0.397 e. The Balaban J connectivity index is 2.54. The number of hydrogen-bond acceptors (Lipinski definition) is 1. The quantitative estimate of drug-likeness (QED) is 0.754. The van der Waals surface area contributed by atoms with Crippen LogP contribution in [0, 0.1) is 11.8 Å². The number of rotatable bonds is 3. The third-order valence-electron chi connectivity index (χ3n) is 3.64. The van der Waals surface area contributed by atoms with Crippen LogP contribution >= 0.6 is 0 Å². The number of halogens is 3. The summed E-state index contributed by atoms with van der Waals surface area (Å²) in [7, 11) is 0. The van der Waals surface area contributed by atoms with E-state index in [2.05, 4.69) is 6.92 Å². The molecule has 1 fully saturated rings. The predicted molar refractivity (Wildman–Crippen MR) is 59.4 cm³/mol. The zero-order valence-corrected chi connectivity index (χ0v) is 10.4. The van der Waals surface area contributed by atoms with Gasteiger partial charge in [-0.3, -0.25) is 4.79 Å². The van der Waals surface area contributed by atoms with Crippen molar-refractivity contribution in [3.8, 4) is 0 Å². The van der Waals surface area contributed by atoms with Crippen LogP contribution in [0.2, 0.25) is 0 Å². The zero-order valence-electron chi connectivity index (χ0n) is 10.4. The Bertz CT molecular complexity index is 265. The predicted octanol–water partition coefficient (Wildman–Crippen LogP) is 3.22. The van der Waals surface area contributed by atoms with Crippen molar-refractivity contribution in [3.63, 3.8) is 0 Å². The van der Waals surface area contributed by atoms with Crippen molar-refractivity contribution < 1.29 is 18.0 Å². The van der Waals surface area contributed by atoms with Gasteiger partial charge in [0.15, 0.2) is 0 Å². The van der Waals surface area contributed by atoms with Gasteiger partial charge in [-0.1, -0.05) is 26.7 Å². The number of nitrogens with zero attached hydrogens (tertiary/aromatic N) is 1. The van der Waals surface area contributed by atoms with Crippen LogP contribution in [-0.4, -0.2) is 30.1 Å². The molecule has 1 saturated heterocycles. The Morgan fingerprint density at radius 2 is 1.82 bits per heavy atom. The van der Waals surface area contributed by atoms with Crippen LogP contribution in [0.4, 0.5) is 13.2 Å². The van der Waals surface area contributed by atoms with Gasteiger partial charge in [-0.15, -0.1) is 0 Å². The molecular formula is C12H20F3NO. The minimum absolute atomic E-state index is 0.353. The first-order valence-corrected chi connectivity index (χ1v) is 6.21. The van der Waals surface area contributed by atoms with Crippen LogP contribution in [0.15, 0.2) is 0 Å². The van der Waals surface area contributed by atoms with Crippen molar-refractivity contribution in [3.05, 3.63) is 0 Å². The van der Waals surface area contributed by atoms with E-state index < -0.39 is 18.5 Å². The molecule has 0 N–H and O–H groups in total. The highest BCUT2D eigenvalue weighted by Gasteiger charge is 2.36. The highest BCUT2D eigenvalue weighted by molar-refractivity contribution is 5.76. The van der Waals surface area contributed by atoms with Gasteiger partial charge >= 0.3 is 6.18 Å². The number of alkyl halides is 3. The molecule has 5 heteroatoms. The van der Waals surface area contributed by atoms with Gasteiger partial charge in [0.1, 0.15) is 6.42 Å². The number of carbonyl (C=O) groups is 1. The lowest BCUT2D eigenvalue weighted by Crippen LogP contribution is -2.44. The Kier molecular flexibility index (Phi) is 4.83. The number of hydrogen-bond donors (Lipinski definition) is 0. The summed E-state index contributed by atoms with van der Waals surface area (Å²) in [6, 6.07) is 0. The zero-order chi connectivity index (χ0) is 13.1. The fourth-order valence-corrected chi connectivity index (χ4v) is 2.59. The van der Waals surface area contributed by atoms with Gasteiger partial charge < -0.3 is 4.90 Å². The van der Waals surface area contributed by atoms with Gasteiger partial charge in [0, 0.05) is 13.1 Å². The van der Waals surface area contributed by atoms with Crippen molar-refractivity contribution in [2.24, 2.45) is 11.8 Å². The van der Waals surface area contributed by atoms with Crippen LogP contribution in [-0.2, 0) is 4.79 Å². The summed E-state index contributed by atoms with van der Waals surface area (Å²) in [6.45, 7) is 5.10. The molecule has 0 spiro atoms. The van der Waals surface area contributed by atoms with Gasteiger partial charge in [-0.05, 0) is 18.3 Å². The Labute approximate surface area is 100 Å². The van der Waals surface area contributed by atoms with Crippen molar-refractivity contribution in [2.45, 2.75) is 45.7 Å². The first-order valence-electron chi connectivity index (χ1n) is 6.21. The lowest BCUT2D eigenvalue weighted by molar-refractivity contribution is -0.163. The molecule has 1 amide bonds. The van der Waals surface area contributed by atoms with E-state index in [1.165, 1.54) is 4.90 Å². The monoisotopic (exact) mass is 251 g/mol. The third kappa shape index (κ3) is 4.21. The molecule has 2 atom stereocenters. The molecule has 0 saturated carbocycles. The summed E-state index contributed by atoms with van der Waals surface area (Å²) in [5.41, 5.74) is 0. The van der Waals surface area contributed by atoms with E-state index in [4.69, 9.17) is 0 Å². The molecule has 1 rings (SSSR count). The first kappa shape index (κ1) is 14.3. The van der Waals surface area contributed by atoms with Crippen LogP contribution in [0.3, 0.4) is 0 Å². The summed E-state index contributed by atoms with van der Waals surface area (Å²) >= 11 is 0. The minimum atomic E-state index is -4.39. The van der Waals surface area contributed by atoms with Crippen LogP contribution < -0.4 is 0 Å². The molecule has 1 aliphatic heterocycles. The molecule has 0 aromatic rings. The number of piperidine rings is 1. The molecule has 0 aromatic carbocycles. The summed E-state index contributed by atoms with van der Waals surface area (Å²) in [4.78, 5) is 12.9. The molecule has 2 nitrogen and oxygen atoms in total. The molecule has 100 valence electrons. The maximum absolute atomic E-state index is 12.1. The summed E-state index contributed by atoms with van der Waals surface area (Å²) in [5.74, 6) is 0.131. The van der Waals surface area contributed by atoms with E-state index in [1.807, 2.05) is 6.92 Å². The number of carbonyl (C=O) groups excluding carboxylic acids is 1. The fraction of sp³-hybridized carbons (Fsp3) is 0.917. The normalized spacial score (nSPS) is 26.1. The van der Waals surface area contributed by atoms with Crippen molar-refractivity contribution in [1.29, 1.82) is 0 Å². The van der Waals surface area contributed by atoms with Crippen LogP contribution in [0.1, 0.15) is 39.5 Å². The maximum atomic E-state index is 12.1. The highest BCUT2D eigenvalue weighted by atomic mass is 19.4. The molecule has 17 heavy (non-hydrogen) atoms. The molecule has 1 aliphatic rings. The summed E-state index contributed by atoms with van der Waals surface area (Å²) < 4.78 is 36.4. The van der Waals surface area contributed by atoms with Crippen molar-refractivity contribution in [1.82, 2.24) is 4.90 Å². The fourth-order valence-electron chi connectivity index (χ4n) is 2.59. The average Bonchev–Trinajstić information content (AvgIpc) is 2.25. The lowest BCUT2D eigenvalue weighted by atomic mass is 9.82. The van der Waals surface area contributed by atoms with E-state index in [0.29, 0.717) is 24.9 Å². The molecular weight excluding hydrogens is 231 g/mol. The Hall–Kier alpha value is -0.740. The summed E-state index contributed by atoms with van der Waals surface area (Å²) in [5, 5.41) is 0. The van der Waals surface area contributed by atoms with Crippen LogP contribution in [0.5, 0.6) is 0 Å². The van der Waals surface area contributed by atoms with E-state index >= 15 is 0 Å². The topological polar surface area (TPSA) is 20.3 Å². The second kappa shape index (κ2) is 5.74. The molecule has 2 unspecified atom stereocenters. The van der Waals surface area contributed by atoms with E-state index in [0.717, 1.165) is 19.3 Å². The second-order valence-corrected chi connectivity index (χ2v) is 4.76. The molecule has 0 bridgehead atoms. The van der Waals surface area contributed by atoms with Crippen molar-refractivity contribution >= 4 is 5.91 Å². The summed E-state index contributed by atoms with van der Waals surface area (Å²) in [6.07, 6.45) is -2.91. The van der Waals surface area contributed by atoms with Gasteiger partial charge in [0.25, 0.3) is 0 Å². The Morgan fingerprint density at radius 1 is 1.24 bits per heavy atom. The number of likely N-dealkylation sites (tertiary alicyclic amines) is 1. The van der Waals surface area contributed by atoms with Crippen molar-refractivity contribution in [2.75, 3.05) is 13.1 Å². The second-order valence-electron chi connectivity index (χ2n) is 4.76. The van der Waals surface area contributed by atoms with Gasteiger partial charge in [0.05, 0.1) is 0 Å². The van der Waals surface area contributed by atoms with E-state index in [1.54, 1.807) is 0 Å². The Morgan fingerprint density at radius 3 is 2.29 bits per heavy atom. The standard InChI is InChI=1S/C12H20F3NO/c1-3-9-5-6-16(8-10(9)4-2)11(17)7-12(13,14)15/h9-10H,3-8H2,1-2H3. The smallest absolute Gasteiger partial charge is 0.342 e. The minimum Gasteiger partial charge on any atom is -0.342 e. The number of amides is 1. The van der Waals surface area contributed by atoms with Crippen LogP contribution in [0.25, 0.3) is 0 Å². The van der Waals surface area contributed by atoms with Gasteiger partial charge in [-0.2, -0.15) is 13.2 Å². The van der Waals surface area contributed by atoms with E-state index in [9.17, 15) is 18.0 Å². The third-order valence-corrected chi connectivity index (χ3v) is 3.64. The lowest BCUT2D eigenvalue weighted by Gasteiger charge is -2.38. The average molecular weight is 251 g/mol. The molecule has 0 radical (unpaired) electrons. The molecule has 1 heterocycles. The SMILES string of the molecule is CCC1CCN(C(=O)CC(F)(F)F)CC1CC. The molecule has 0 aromatic heterocycles. The van der Waals surface area contributed by atoms with E-state index in [-0.39, 0.29) is 0 Å². The van der Waals surface area contributed by atoms with Gasteiger partial charge in [-0.25, -0.2) is 0 Å².